The van der Waals surface area contributed by atoms with Gasteiger partial charge in [-0.05, 0) is 85.6 Å². The zero-order valence-electron chi connectivity index (χ0n) is 35.2. The number of fused-ring (bicyclic) bond motifs is 2. The van der Waals surface area contributed by atoms with Crippen LogP contribution >= 0.6 is 11.3 Å². The van der Waals surface area contributed by atoms with E-state index in [1.807, 2.05) is 0 Å². The minimum Gasteiger partial charge on any atom is -0.505 e. The summed E-state index contributed by atoms with van der Waals surface area (Å²) in [6, 6.07) is 13.9. The van der Waals surface area contributed by atoms with Crippen LogP contribution in [0.15, 0.2) is 118 Å². The summed E-state index contributed by atoms with van der Waals surface area (Å²) in [5, 5.41) is 58.4. The van der Waals surface area contributed by atoms with Gasteiger partial charge in [-0.2, -0.15) is 43.5 Å². The van der Waals surface area contributed by atoms with Gasteiger partial charge in [0, 0.05) is 16.8 Å². The Morgan fingerprint density at radius 1 is 0.729 bits per heavy atom. The molecule has 5 aromatic carbocycles. The van der Waals surface area contributed by atoms with E-state index in [-0.39, 0.29) is 41.0 Å². The molecule has 2 heterocycles. The van der Waals surface area contributed by atoms with Gasteiger partial charge in [0.05, 0.1) is 46.0 Å². The van der Waals surface area contributed by atoms with Gasteiger partial charge in [0.25, 0.3) is 40.5 Å². The number of carbonyl (C=O) groups is 1. The van der Waals surface area contributed by atoms with Crippen molar-refractivity contribution in [2.45, 2.75) is 28.0 Å². The van der Waals surface area contributed by atoms with Crippen LogP contribution < -0.4 is 9.47 Å². The molecule has 32 heteroatoms. The number of aromatic nitrogens is 3. The molecule has 7 N–H and O–H groups in total. The number of benzene rings is 5. The van der Waals surface area contributed by atoms with E-state index < -0.39 is 112 Å². The summed E-state index contributed by atoms with van der Waals surface area (Å²) in [4.78, 5) is 13.4. The number of carboxylic acid groups (broad SMARTS) is 1. The Morgan fingerprint density at radius 3 is 2.03 bits per heavy atom. The number of hydrogen-bond acceptors (Lipinski definition) is 22. The Balaban J connectivity index is 1.30. The third kappa shape index (κ3) is 11.0. The topological polar surface area (TPSA) is 419 Å². The molecule has 27 nitrogen and oxygen atoms in total. The van der Waals surface area contributed by atoms with Gasteiger partial charge < -0.3 is 24.8 Å². The van der Waals surface area contributed by atoms with Crippen molar-refractivity contribution in [2.75, 3.05) is 19.5 Å². The monoisotopic (exact) mass is 1060 g/mol. The Hall–Kier alpha value is -7.43. The van der Waals surface area contributed by atoms with Gasteiger partial charge in [0.15, 0.2) is 11.4 Å². The standard InChI is InChI=1S/C38H31N9O18S5/c1-18-14-27(28(65-12-3-13-67(52,53)54)17-26(18)41-45-38-39-24-10-6-20(64-2)15-29(24)66-38)42-43-31-30(69(58,59)60)16-23-22(34(31)48)9-11-25(35(23)70(61,62)63)40-44-32-33(37(50)51)46-47(36(32)49)19-4-7-21(8-5-19)68(55,56)57/h4-11,14-17,48-49H,3,12-13H2,1-2H3,(H,50,51)(H,52,53,54)(H,55,56,57)(H,58,59,60)(H,61,62,63). The largest absolute Gasteiger partial charge is 0.505 e. The Labute approximate surface area is 397 Å². The third-order valence-electron chi connectivity index (χ3n) is 9.54. The lowest BCUT2D eigenvalue weighted by molar-refractivity contribution is 0.0690. The van der Waals surface area contributed by atoms with Gasteiger partial charge in [-0.1, -0.05) is 11.3 Å². The fraction of sp³-hybridized carbons (Fsp3) is 0.132. The van der Waals surface area contributed by atoms with Gasteiger partial charge in [0.1, 0.15) is 38.4 Å². The summed E-state index contributed by atoms with van der Waals surface area (Å²) in [6.45, 7) is 1.22. The predicted molar refractivity (Wildman–Crippen MR) is 244 cm³/mol. The van der Waals surface area contributed by atoms with Crippen molar-refractivity contribution in [1.82, 2.24) is 14.8 Å². The number of aromatic carboxylic acids is 1. The number of rotatable bonds is 17. The van der Waals surface area contributed by atoms with Crippen molar-refractivity contribution in [2.24, 2.45) is 30.7 Å². The molecule has 0 aliphatic heterocycles. The van der Waals surface area contributed by atoms with Gasteiger partial charge in [-0.25, -0.2) is 9.78 Å². The van der Waals surface area contributed by atoms with Crippen molar-refractivity contribution >= 4 is 112 Å². The number of phenolic OH excluding ortho intramolecular Hbond substituents is 1. The lowest BCUT2D eigenvalue weighted by Crippen LogP contribution is -2.08. The van der Waals surface area contributed by atoms with Crippen molar-refractivity contribution in [3.8, 4) is 28.8 Å². The average molecular weight is 1060 g/mol. The van der Waals surface area contributed by atoms with E-state index in [0.29, 0.717) is 27.6 Å². The zero-order valence-corrected chi connectivity index (χ0v) is 39.3. The minimum absolute atomic E-state index is 0.156. The number of carboxylic acids is 1. The van der Waals surface area contributed by atoms with Crippen molar-refractivity contribution < 1.29 is 81.5 Å². The summed E-state index contributed by atoms with van der Waals surface area (Å²) >= 11 is 1.20. The number of azo groups is 3. The fourth-order valence-corrected chi connectivity index (χ4v) is 9.60. The quantitative estimate of drug-likeness (QED) is 0.0261. The second kappa shape index (κ2) is 19.2. The summed E-state index contributed by atoms with van der Waals surface area (Å²) in [6.07, 6.45) is -0.229. The minimum atomic E-state index is -5.53. The molecule has 7 aromatic rings. The molecule has 0 aliphatic rings. The first-order valence-corrected chi connectivity index (χ1v) is 25.8. The van der Waals surface area contributed by atoms with Crippen LogP contribution in [0.25, 0.3) is 26.7 Å². The normalized spacial score (nSPS) is 12.8. The molecule has 0 unspecified atom stereocenters. The number of ether oxygens (including phenoxy) is 2. The highest BCUT2D eigenvalue weighted by atomic mass is 32.2. The molecule has 0 radical (unpaired) electrons. The molecule has 2 aromatic heterocycles. The van der Waals surface area contributed by atoms with Crippen LogP contribution in [0.1, 0.15) is 22.5 Å². The number of phenols is 1. The number of aromatic hydroxyl groups is 2. The van der Waals surface area contributed by atoms with Gasteiger partial charge >= 0.3 is 5.97 Å². The van der Waals surface area contributed by atoms with Gasteiger partial charge in [0.2, 0.25) is 16.7 Å². The maximum atomic E-state index is 12.9. The second-order valence-electron chi connectivity index (χ2n) is 14.3. The summed E-state index contributed by atoms with van der Waals surface area (Å²) in [5.41, 5.74) is -2.94. The number of hydrogen-bond donors (Lipinski definition) is 7. The number of thiazole rings is 1. The first-order valence-electron chi connectivity index (χ1n) is 19.1. The molecule has 0 saturated heterocycles. The van der Waals surface area contributed by atoms with Crippen LogP contribution in [0, 0.1) is 6.92 Å². The third-order valence-corrected chi connectivity index (χ3v) is 13.9. The predicted octanol–water partition coefficient (Wildman–Crippen LogP) is 7.70. The Morgan fingerprint density at radius 2 is 1.40 bits per heavy atom. The first kappa shape index (κ1) is 50.4. The molecule has 0 bridgehead atoms. The molecule has 7 rings (SSSR count). The van der Waals surface area contributed by atoms with Crippen molar-refractivity contribution in [3.05, 3.63) is 84.1 Å². The molecule has 0 spiro atoms. The first-order chi connectivity index (χ1) is 32.7. The second-order valence-corrected chi connectivity index (χ2v) is 21.0. The molecule has 70 heavy (non-hydrogen) atoms. The maximum absolute atomic E-state index is 12.9. The van der Waals surface area contributed by atoms with E-state index in [0.717, 1.165) is 41.1 Å². The van der Waals surface area contributed by atoms with E-state index in [1.165, 1.54) is 30.6 Å². The molecule has 0 fully saturated rings. The van der Waals surface area contributed by atoms with Crippen LogP contribution in [-0.4, -0.2) is 107 Å². The number of nitrogens with zero attached hydrogens (tertiary/aromatic N) is 9. The maximum Gasteiger partial charge on any atom is 0.358 e. The van der Waals surface area contributed by atoms with Gasteiger partial charge in [-0.15, -0.1) is 30.7 Å². The molecule has 366 valence electrons. The molecular formula is C38H31N9O18S5. The van der Waals surface area contributed by atoms with Crippen molar-refractivity contribution in [3.63, 3.8) is 0 Å². The number of aryl methyl sites for hydroxylation is 1. The average Bonchev–Trinajstić information content (AvgIpc) is 3.84. The molecule has 0 saturated carbocycles. The Kier molecular flexibility index (Phi) is 13.8. The van der Waals surface area contributed by atoms with Crippen LogP contribution in [0.4, 0.5) is 33.6 Å². The van der Waals surface area contributed by atoms with Crippen LogP contribution in [-0.2, 0) is 40.5 Å². The fourth-order valence-electron chi connectivity index (χ4n) is 6.35. The summed E-state index contributed by atoms with van der Waals surface area (Å²) in [7, 11) is -18.6. The van der Waals surface area contributed by atoms with E-state index in [1.54, 1.807) is 25.1 Å². The lowest BCUT2D eigenvalue weighted by Gasteiger charge is -2.13. The SMILES string of the molecule is COc1ccc2nc(N=Nc3cc(OCCCS(=O)(=O)O)c(N=Nc4c(S(=O)(=O)O)cc5c(S(=O)(=O)O)c(N=Nc6c(C(=O)O)nn(-c7ccc(S(=O)(=O)O)cc7)c6O)ccc5c4O)cc3C)sc2c1. The Bertz CT molecular complexity index is 3840. The van der Waals surface area contributed by atoms with E-state index in [9.17, 15) is 72.0 Å². The summed E-state index contributed by atoms with van der Waals surface area (Å²) in [5.74, 6) is -4.25. The van der Waals surface area contributed by atoms with Crippen LogP contribution in [0.3, 0.4) is 0 Å². The highest BCUT2D eigenvalue weighted by Crippen LogP contribution is 2.47. The van der Waals surface area contributed by atoms with Crippen LogP contribution in [0.5, 0.6) is 23.1 Å². The lowest BCUT2D eigenvalue weighted by atomic mass is 10.1. The molecule has 0 amide bonds. The summed E-state index contributed by atoms with van der Waals surface area (Å²) < 4.78 is 149. The van der Waals surface area contributed by atoms with E-state index in [4.69, 9.17) is 9.47 Å². The number of methoxy groups -OCH3 is 1. The molecule has 0 aliphatic carbocycles. The van der Waals surface area contributed by atoms with Crippen LogP contribution in [0.2, 0.25) is 0 Å². The molecular weight excluding hydrogens is 1030 g/mol. The van der Waals surface area contributed by atoms with Crippen molar-refractivity contribution in [1.29, 1.82) is 0 Å². The smallest absolute Gasteiger partial charge is 0.358 e. The highest BCUT2D eigenvalue weighted by Gasteiger charge is 2.29. The molecule has 0 atom stereocenters. The highest BCUT2D eigenvalue weighted by molar-refractivity contribution is 7.86. The van der Waals surface area contributed by atoms with E-state index in [2.05, 4.69) is 40.8 Å². The zero-order chi connectivity index (χ0) is 51.1. The van der Waals surface area contributed by atoms with E-state index >= 15 is 0 Å². The van der Waals surface area contributed by atoms with Gasteiger partial charge in [-0.3, -0.25) is 18.2 Å².